The molecule has 2 amide bonds. The lowest BCUT2D eigenvalue weighted by Gasteiger charge is -2.34. The zero-order valence-electron chi connectivity index (χ0n) is 29.2. The summed E-state index contributed by atoms with van der Waals surface area (Å²) in [6.07, 6.45) is 0.880. The third-order valence-electron chi connectivity index (χ3n) is 8.38. The Labute approximate surface area is 300 Å². The van der Waals surface area contributed by atoms with Gasteiger partial charge in [0.1, 0.15) is 18.3 Å². The number of rotatable bonds is 16. The Morgan fingerprint density at radius 2 is 1.46 bits per heavy atom. The molecule has 0 saturated carbocycles. The van der Waals surface area contributed by atoms with Crippen molar-refractivity contribution >= 4 is 39.1 Å². The van der Waals surface area contributed by atoms with Crippen molar-refractivity contribution in [3.05, 3.63) is 113 Å². The second-order valence-electron chi connectivity index (χ2n) is 11.9. The van der Waals surface area contributed by atoms with E-state index < -0.39 is 28.5 Å². The molecule has 4 aromatic carbocycles. The summed E-state index contributed by atoms with van der Waals surface area (Å²) < 4.78 is 46.4. The van der Waals surface area contributed by atoms with Gasteiger partial charge in [-0.2, -0.15) is 0 Å². The van der Waals surface area contributed by atoms with Crippen molar-refractivity contribution in [2.24, 2.45) is 0 Å². The van der Waals surface area contributed by atoms with Crippen LogP contribution in [0.3, 0.4) is 0 Å². The average Bonchev–Trinajstić information content (AvgIpc) is 3.12. The number of hydrogen-bond acceptors (Lipinski definition) is 7. The maximum atomic E-state index is 14.8. The number of hydrogen-bond donors (Lipinski definition) is 1. The highest BCUT2D eigenvalue weighted by molar-refractivity contribution is 7.92. The molecule has 0 aromatic heterocycles. The number of carbonyl (C=O) groups excluding carboxylic acids is 2. The Balaban J connectivity index is 1.88. The van der Waals surface area contributed by atoms with Crippen molar-refractivity contribution in [3.63, 3.8) is 0 Å². The van der Waals surface area contributed by atoms with Gasteiger partial charge in [-0.3, -0.25) is 13.9 Å². The SMILES string of the molecule is CC[C@@H](C)NC(=O)[C@@H](Cc1ccccc1)N(Cc1ccc(C)cc1)C(=O)CN(c1cc(Cl)ccc1OC)S(=O)(=O)c1ccc(OC)c(OC)c1. The van der Waals surface area contributed by atoms with Crippen molar-refractivity contribution in [1.29, 1.82) is 0 Å². The fourth-order valence-corrected chi connectivity index (χ4v) is 6.96. The minimum atomic E-state index is -4.48. The van der Waals surface area contributed by atoms with Crippen LogP contribution < -0.4 is 23.8 Å². The van der Waals surface area contributed by atoms with Gasteiger partial charge in [0.15, 0.2) is 11.5 Å². The predicted octanol–water partition coefficient (Wildman–Crippen LogP) is 6.42. The number of anilines is 1. The molecule has 0 unspecified atom stereocenters. The second-order valence-corrected chi connectivity index (χ2v) is 14.2. The minimum Gasteiger partial charge on any atom is -0.495 e. The summed E-state index contributed by atoms with van der Waals surface area (Å²) in [7, 11) is -0.245. The first-order valence-electron chi connectivity index (χ1n) is 16.2. The number of methoxy groups -OCH3 is 3. The zero-order chi connectivity index (χ0) is 36.4. The molecule has 0 fully saturated rings. The topological polar surface area (TPSA) is 114 Å². The standard InChI is InChI=1S/C38H44ClN3O7S/c1-7-27(3)40-38(44)33(21-28-11-9-8-10-12-28)41(24-29-15-13-26(2)14-16-29)37(43)25-42(32-22-30(39)17-19-34(32)47-4)50(45,46)31-18-20-35(48-5)36(23-31)49-6/h8-20,22-23,27,33H,7,21,24-25H2,1-6H3,(H,40,44)/t27-,33-/m1/s1. The van der Waals surface area contributed by atoms with E-state index in [2.05, 4.69) is 5.32 Å². The van der Waals surface area contributed by atoms with E-state index in [0.717, 1.165) is 21.0 Å². The van der Waals surface area contributed by atoms with Gasteiger partial charge in [-0.15, -0.1) is 0 Å². The lowest BCUT2D eigenvalue weighted by molar-refractivity contribution is -0.140. The van der Waals surface area contributed by atoms with Crippen LogP contribution >= 0.6 is 11.6 Å². The number of carbonyl (C=O) groups is 2. The quantitative estimate of drug-likeness (QED) is 0.142. The Morgan fingerprint density at radius 3 is 2.08 bits per heavy atom. The maximum absolute atomic E-state index is 14.8. The molecule has 1 N–H and O–H groups in total. The zero-order valence-corrected chi connectivity index (χ0v) is 30.8. The molecule has 0 spiro atoms. The van der Waals surface area contributed by atoms with Crippen molar-refractivity contribution in [2.75, 3.05) is 32.2 Å². The van der Waals surface area contributed by atoms with E-state index in [-0.39, 0.29) is 52.0 Å². The van der Waals surface area contributed by atoms with Crippen molar-refractivity contribution in [2.45, 2.75) is 57.1 Å². The van der Waals surface area contributed by atoms with Gasteiger partial charge in [-0.25, -0.2) is 8.42 Å². The lowest BCUT2D eigenvalue weighted by Crippen LogP contribution is -2.54. The molecule has 0 saturated heterocycles. The van der Waals surface area contributed by atoms with E-state index in [9.17, 15) is 18.0 Å². The van der Waals surface area contributed by atoms with Crippen LogP contribution in [0.4, 0.5) is 5.69 Å². The van der Waals surface area contributed by atoms with Gasteiger partial charge in [-0.05, 0) is 61.7 Å². The fourth-order valence-electron chi connectivity index (χ4n) is 5.36. The summed E-state index contributed by atoms with van der Waals surface area (Å²) in [6.45, 7) is 5.18. The number of nitrogens with zero attached hydrogens (tertiary/aromatic N) is 2. The second kappa shape index (κ2) is 17.3. The summed E-state index contributed by atoms with van der Waals surface area (Å²) in [5.41, 5.74) is 2.68. The molecule has 12 heteroatoms. The Morgan fingerprint density at radius 1 is 0.820 bits per heavy atom. The number of sulfonamides is 1. The molecule has 0 aliphatic heterocycles. The molecule has 4 rings (SSSR count). The highest BCUT2D eigenvalue weighted by atomic mass is 35.5. The number of nitrogens with one attached hydrogen (secondary N) is 1. The molecule has 0 radical (unpaired) electrons. The Hall–Kier alpha value is -4.74. The average molecular weight is 722 g/mol. The van der Waals surface area contributed by atoms with E-state index >= 15 is 0 Å². The normalized spacial score (nSPS) is 12.4. The highest BCUT2D eigenvalue weighted by Gasteiger charge is 2.36. The van der Waals surface area contributed by atoms with Gasteiger partial charge >= 0.3 is 0 Å². The van der Waals surface area contributed by atoms with Gasteiger partial charge < -0.3 is 24.4 Å². The van der Waals surface area contributed by atoms with E-state index in [1.54, 1.807) is 6.07 Å². The smallest absolute Gasteiger partial charge is 0.265 e. The number of halogens is 1. The maximum Gasteiger partial charge on any atom is 0.265 e. The summed E-state index contributed by atoms with van der Waals surface area (Å²) in [5, 5.41) is 3.27. The molecular weight excluding hydrogens is 678 g/mol. The number of aryl methyl sites for hydroxylation is 1. The molecule has 10 nitrogen and oxygen atoms in total. The summed E-state index contributed by atoms with van der Waals surface area (Å²) in [5.74, 6) is -0.278. The molecule has 0 heterocycles. The monoisotopic (exact) mass is 721 g/mol. The first-order valence-corrected chi connectivity index (χ1v) is 18.0. The van der Waals surface area contributed by atoms with Crippen LogP contribution in [0.2, 0.25) is 5.02 Å². The molecule has 266 valence electrons. The van der Waals surface area contributed by atoms with Crippen molar-refractivity contribution < 1.29 is 32.2 Å². The molecular formula is C38H44ClN3O7S. The van der Waals surface area contributed by atoms with E-state index in [4.69, 9.17) is 25.8 Å². The first kappa shape index (κ1) is 38.1. The van der Waals surface area contributed by atoms with Gasteiger partial charge in [0.05, 0.1) is 31.9 Å². The summed E-state index contributed by atoms with van der Waals surface area (Å²) in [4.78, 5) is 30.1. The number of amides is 2. The van der Waals surface area contributed by atoms with Gasteiger partial charge in [0, 0.05) is 30.1 Å². The van der Waals surface area contributed by atoms with Crippen LogP contribution in [-0.4, -0.2) is 65.1 Å². The molecule has 50 heavy (non-hydrogen) atoms. The van der Waals surface area contributed by atoms with E-state index in [1.165, 1.54) is 56.6 Å². The third-order valence-corrected chi connectivity index (χ3v) is 10.4. The number of ether oxygens (including phenoxy) is 3. The largest absolute Gasteiger partial charge is 0.495 e. The van der Waals surface area contributed by atoms with Crippen molar-refractivity contribution in [1.82, 2.24) is 10.2 Å². The van der Waals surface area contributed by atoms with Crippen LogP contribution in [0.15, 0.2) is 95.9 Å². The van der Waals surface area contributed by atoms with Crippen molar-refractivity contribution in [3.8, 4) is 17.2 Å². The first-order chi connectivity index (χ1) is 23.9. The number of benzene rings is 4. The van der Waals surface area contributed by atoms with Gasteiger partial charge in [-0.1, -0.05) is 78.7 Å². The van der Waals surface area contributed by atoms with E-state index in [0.29, 0.717) is 12.2 Å². The molecule has 0 aliphatic rings. The van der Waals surface area contributed by atoms with Crippen LogP contribution in [0.5, 0.6) is 17.2 Å². The minimum absolute atomic E-state index is 0.0431. The molecule has 0 bridgehead atoms. The van der Waals surface area contributed by atoms with Crippen LogP contribution in [-0.2, 0) is 32.6 Å². The molecule has 4 aromatic rings. The fraction of sp³-hybridized carbons (Fsp3) is 0.316. The molecule has 0 aliphatic carbocycles. The third kappa shape index (κ3) is 9.28. The molecule has 2 atom stereocenters. The van der Waals surface area contributed by atoms with Crippen LogP contribution in [0.25, 0.3) is 0 Å². The summed E-state index contributed by atoms with van der Waals surface area (Å²) >= 11 is 6.40. The van der Waals surface area contributed by atoms with Gasteiger partial charge in [0.2, 0.25) is 11.8 Å². The van der Waals surface area contributed by atoms with Gasteiger partial charge in [0.25, 0.3) is 10.0 Å². The Bertz CT molecular complexity index is 1870. The lowest BCUT2D eigenvalue weighted by atomic mass is 10.0. The van der Waals surface area contributed by atoms with E-state index in [1.807, 2.05) is 75.4 Å². The Kier molecular flexibility index (Phi) is 13.1. The van der Waals surface area contributed by atoms with Crippen LogP contribution in [0, 0.1) is 6.92 Å². The summed E-state index contributed by atoms with van der Waals surface area (Å²) in [6, 6.07) is 24.6. The van der Waals surface area contributed by atoms with Crippen LogP contribution in [0.1, 0.15) is 37.0 Å². The predicted molar refractivity (Wildman–Crippen MR) is 196 cm³/mol. The highest BCUT2D eigenvalue weighted by Crippen LogP contribution is 2.37.